The summed E-state index contributed by atoms with van der Waals surface area (Å²) in [4.78, 5) is 25.9. The van der Waals surface area contributed by atoms with Gasteiger partial charge in [0.15, 0.2) is 12.3 Å². The fourth-order valence-corrected chi connectivity index (χ4v) is 2.79. The zero-order valence-corrected chi connectivity index (χ0v) is 18.3. The topological polar surface area (TPSA) is 105 Å². The van der Waals surface area contributed by atoms with E-state index >= 15 is 0 Å². The Bertz CT molecular complexity index is 1150. The van der Waals surface area contributed by atoms with Crippen LogP contribution in [0.3, 0.4) is 0 Å². The molecule has 0 aliphatic carbocycles. The maximum Gasteiger partial charge on any atom is 0.416 e. The first kappa shape index (κ1) is 24.7. The van der Waals surface area contributed by atoms with Crippen molar-refractivity contribution in [2.24, 2.45) is 0 Å². The molecule has 0 saturated heterocycles. The number of amides is 1. The number of hydrogen-bond donors (Lipinski definition) is 1. The maximum absolute atomic E-state index is 13.1. The molecule has 1 N–H and O–H groups in total. The first-order valence-corrected chi connectivity index (χ1v) is 9.98. The van der Waals surface area contributed by atoms with Gasteiger partial charge in [-0.15, -0.1) is 5.10 Å². The number of esters is 1. The Balaban J connectivity index is 1.67. The summed E-state index contributed by atoms with van der Waals surface area (Å²) in [6.45, 7) is 1.03. The summed E-state index contributed by atoms with van der Waals surface area (Å²) in [5.74, 6) is -1.76. The molecule has 3 aromatic rings. The van der Waals surface area contributed by atoms with Crippen LogP contribution in [0, 0.1) is 6.92 Å². The molecule has 0 atom stereocenters. The van der Waals surface area contributed by atoms with Crippen molar-refractivity contribution >= 4 is 17.6 Å². The van der Waals surface area contributed by atoms with Gasteiger partial charge in [-0.25, -0.2) is 4.79 Å². The molecule has 34 heavy (non-hydrogen) atoms. The number of nitrogens with one attached hydrogen (secondary N) is 1. The van der Waals surface area contributed by atoms with Gasteiger partial charge in [-0.05, 0) is 37.3 Å². The van der Waals surface area contributed by atoms with Gasteiger partial charge in [0.25, 0.3) is 5.91 Å². The summed E-state index contributed by atoms with van der Waals surface area (Å²) < 4.78 is 54.5. The van der Waals surface area contributed by atoms with Crippen molar-refractivity contribution in [3.8, 4) is 11.4 Å². The number of nitrogens with zero attached hydrogens (tertiary/aromatic N) is 3. The van der Waals surface area contributed by atoms with E-state index in [0.29, 0.717) is 5.69 Å². The first-order valence-electron chi connectivity index (χ1n) is 9.98. The van der Waals surface area contributed by atoms with Crippen molar-refractivity contribution in [2.45, 2.75) is 13.1 Å². The summed E-state index contributed by atoms with van der Waals surface area (Å²) in [5, 5.41) is 10.5. The second kappa shape index (κ2) is 10.8. The number of ether oxygens (including phenoxy) is 3. The number of methoxy groups -OCH3 is 1. The Kier molecular flexibility index (Phi) is 7.84. The van der Waals surface area contributed by atoms with E-state index in [1.165, 1.54) is 11.9 Å². The number of aryl methyl sites for hydroxylation is 1. The molecule has 0 bridgehead atoms. The van der Waals surface area contributed by atoms with E-state index in [-0.39, 0.29) is 36.0 Å². The van der Waals surface area contributed by atoms with Crippen molar-refractivity contribution in [3.63, 3.8) is 0 Å². The molecule has 1 heterocycles. The number of benzene rings is 2. The van der Waals surface area contributed by atoms with E-state index in [2.05, 4.69) is 15.5 Å². The summed E-state index contributed by atoms with van der Waals surface area (Å²) in [5.41, 5.74) is -0.404. The molecule has 0 fully saturated rings. The standard InChI is InChI=1S/C22H21F3N4O5/c1-14-20(28-29(27-14)16-6-4-3-5-7-16)21(31)34-13-19(30)26-17-12-15(22(23,24)25)8-9-18(17)33-11-10-32-2/h3-9,12H,10-11,13H2,1-2H3,(H,26,30). The molecule has 0 aliphatic rings. The van der Waals surface area contributed by atoms with Gasteiger partial charge in [-0.1, -0.05) is 18.2 Å². The maximum atomic E-state index is 13.1. The third-order valence-electron chi connectivity index (χ3n) is 4.42. The van der Waals surface area contributed by atoms with Crippen LogP contribution in [0.1, 0.15) is 21.7 Å². The average molecular weight is 478 g/mol. The first-order chi connectivity index (χ1) is 16.2. The summed E-state index contributed by atoms with van der Waals surface area (Å²) in [6.07, 6.45) is -4.63. The van der Waals surface area contributed by atoms with Crippen LogP contribution in [0.25, 0.3) is 5.69 Å². The van der Waals surface area contributed by atoms with Crippen LogP contribution in [0.5, 0.6) is 5.75 Å². The van der Waals surface area contributed by atoms with E-state index < -0.39 is 30.2 Å². The summed E-state index contributed by atoms with van der Waals surface area (Å²) >= 11 is 0. The highest BCUT2D eigenvalue weighted by molar-refractivity contribution is 5.96. The number of halogens is 3. The van der Waals surface area contributed by atoms with Crippen LogP contribution in [0.2, 0.25) is 0 Å². The molecular weight excluding hydrogens is 457 g/mol. The number of carbonyl (C=O) groups excluding carboxylic acids is 2. The molecule has 3 rings (SSSR count). The molecule has 0 saturated carbocycles. The van der Waals surface area contributed by atoms with Crippen LogP contribution in [0.15, 0.2) is 48.5 Å². The second-order valence-corrected chi connectivity index (χ2v) is 6.93. The van der Waals surface area contributed by atoms with Crippen LogP contribution < -0.4 is 10.1 Å². The highest BCUT2D eigenvalue weighted by Crippen LogP contribution is 2.35. The van der Waals surface area contributed by atoms with Gasteiger partial charge < -0.3 is 19.5 Å². The lowest BCUT2D eigenvalue weighted by Gasteiger charge is -2.15. The SMILES string of the molecule is COCCOc1ccc(C(F)(F)F)cc1NC(=O)COC(=O)c1nn(-c2ccccc2)nc1C. The van der Waals surface area contributed by atoms with Crippen molar-refractivity contribution in [3.05, 3.63) is 65.5 Å². The van der Waals surface area contributed by atoms with E-state index in [0.717, 1.165) is 18.2 Å². The highest BCUT2D eigenvalue weighted by Gasteiger charge is 2.31. The minimum absolute atomic E-state index is 0.00590. The molecule has 0 aliphatic heterocycles. The van der Waals surface area contributed by atoms with E-state index in [1.807, 2.05) is 6.07 Å². The van der Waals surface area contributed by atoms with Gasteiger partial charge in [0.1, 0.15) is 12.4 Å². The lowest BCUT2D eigenvalue weighted by molar-refractivity contribution is -0.137. The Hall–Kier alpha value is -3.93. The lowest BCUT2D eigenvalue weighted by Crippen LogP contribution is -2.22. The molecule has 180 valence electrons. The van der Waals surface area contributed by atoms with E-state index in [4.69, 9.17) is 14.2 Å². The molecule has 1 aromatic heterocycles. The van der Waals surface area contributed by atoms with Crippen molar-refractivity contribution in [1.82, 2.24) is 15.0 Å². The minimum Gasteiger partial charge on any atom is -0.489 e. The molecular formula is C22H21F3N4O5. The number of anilines is 1. The number of alkyl halides is 3. The normalized spacial score (nSPS) is 11.2. The quantitative estimate of drug-likeness (QED) is 0.371. The fraction of sp³-hybridized carbons (Fsp3) is 0.273. The highest BCUT2D eigenvalue weighted by atomic mass is 19.4. The number of hydrogen-bond acceptors (Lipinski definition) is 7. The molecule has 0 spiro atoms. The van der Waals surface area contributed by atoms with E-state index in [1.54, 1.807) is 31.2 Å². The third-order valence-corrected chi connectivity index (χ3v) is 4.42. The molecule has 0 radical (unpaired) electrons. The molecule has 12 heteroatoms. The number of para-hydroxylation sites is 1. The number of rotatable bonds is 9. The largest absolute Gasteiger partial charge is 0.489 e. The Morgan fingerprint density at radius 3 is 2.47 bits per heavy atom. The van der Waals surface area contributed by atoms with Crippen LogP contribution in [0.4, 0.5) is 18.9 Å². The predicted molar refractivity (Wildman–Crippen MR) is 114 cm³/mol. The Morgan fingerprint density at radius 2 is 1.79 bits per heavy atom. The summed E-state index contributed by atoms with van der Waals surface area (Å²) in [6, 6.07) is 11.5. The van der Waals surface area contributed by atoms with Gasteiger partial charge in [0.2, 0.25) is 0 Å². The Morgan fingerprint density at radius 1 is 1.06 bits per heavy atom. The molecule has 9 nitrogen and oxygen atoms in total. The van der Waals surface area contributed by atoms with Gasteiger partial charge in [-0.2, -0.15) is 23.1 Å². The van der Waals surface area contributed by atoms with Gasteiger partial charge in [0.05, 0.1) is 29.2 Å². The molecule has 2 aromatic carbocycles. The zero-order chi connectivity index (χ0) is 24.7. The Labute approximate surface area is 192 Å². The summed E-state index contributed by atoms with van der Waals surface area (Å²) in [7, 11) is 1.44. The zero-order valence-electron chi connectivity index (χ0n) is 18.3. The fourth-order valence-electron chi connectivity index (χ4n) is 2.79. The minimum atomic E-state index is -4.63. The monoisotopic (exact) mass is 478 g/mol. The second-order valence-electron chi connectivity index (χ2n) is 6.93. The number of carbonyl (C=O) groups is 2. The van der Waals surface area contributed by atoms with Gasteiger partial charge >= 0.3 is 12.1 Å². The van der Waals surface area contributed by atoms with Crippen LogP contribution in [-0.4, -0.2) is 53.8 Å². The third kappa shape index (κ3) is 6.32. The van der Waals surface area contributed by atoms with Crippen molar-refractivity contribution in [2.75, 3.05) is 32.2 Å². The average Bonchev–Trinajstić information content (AvgIpc) is 3.20. The smallest absolute Gasteiger partial charge is 0.416 e. The number of aromatic nitrogens is 3. The van der Waals surface area contributed by atoms with Crippen LogP contribution >= 0.6 is 0 Å². The molecule has 0 unspecified atom stereocenters. The lowest BCUT2D eigenvalue weighted by atomic mass is 10.1. The van der Waals surface area contributed by atoms with Gasteiger partial charge in [0, 0.05) is 7.11 Å². The molecule has 1 amide bonds. The van der Waals surface area contributed by atoms with Crippen molar-refractivity contribution < 1.29 is 37.0 Å². The van der Waals surface area contributed by atoms with Gasteiger partial charge in [-0.3, -0.25) is 4.79 Å². The van der Waals surface area contributed by atoms with Crippen molar-refractivity contribution in [1.29, 1.82) is 0 Å². The van der Waals surface area contributed by atoms with E-state index in [9.17, 15) is 22.8 Å². The predicted octanol–water partition coefficient (Wildman–Crippen LogP) is 3.42. The van der Waals surface area contributed by atoms with Crippen LogP contribution in [-0.2, 0) is 20.4 Å².